The Kier molecular flexibility index (Phi) is 6.09. The molecular weight excluding hydrogens is 400 g/mol. The molecule has 0 spiro atoms. The lowest BCUT2D eigenvalue weighted by Crippen LogP contribution is -2.39. The normalized spacial score (nSPS) is 15.0. The number of ketones is 1. The Hall–Kier alpha value is -2.79. The van der Waals surface area contributed by atoms with Gasteiger partial charge in [0.25, 0.3) is 11.7 Å². The van der Waals surface area contributed by atoms with E-state index in [0.29, 0.717) is 22.0 Å². The van der Waals surface area contributed by atoms with Gasteiger partial charge in [-0.05, 0) is 48.7 Å². The second-order valence-electron chi connectivity index (χ2n) is 7.74. The van der Waals surface area contributed by atoms with Crippen molar-refractivity contribution in [3.63, 3.8) is 0 Å². The van der Waals surface area contributed by atoms with Gasteiger partial charge in [0.15, 0.2) is 0 Å². The number of rotatable bonds is 5. The molecule has 5 nitrogen and oxygen atoms in total. The Morgan fingerprint density at radius 3 is 2.53 bits per heavy atom. The van der Waals surface area contributed by atoms with E-state index in [0.717, 1.165) is 36.8 Å². The summed E-state index contributed by atoms with van der Waals surface area (Å²) in [6.07, 6.45) is 8.20. The summed E-state index contributed by atoms with van der Waals surface area (Å²) < 4.78 is 7.00. The van der Waals surface area contributed by atoms with Gasteiger partial charge in [0.2, 0.25) is 0 Å². The van der Waals surface area contributed by atoms with Gasteiger partial charge in [-0.15, -0.1) is 0 Å². The third-order valence-electron chi connectivity index (χ3n) is 5.75. The van der Waals surface area contributed by atoms with E-state index in [4.69, 9.17) is 16.3 Å². The summed E-state index contributed by atoms with van der Waals surface area (Å²) in [5.41, 5.74) is 2.62. The highest BCUT2D eigenvalue weighted by atomic mass is 35.5. The Labute approximate surface area is 181 Å². The highest BCUT2D eigenvalue weighted by Gasteiger charge is 2.27. The van der Waals surface area contributed by atoms with Crippen LogP contribution in [0, 0.1) is 0 Å². The number of hydrogen-bond acceptors (Lipinski definition) is 3. The minimum Gasteiger partial charge on any atom is -0.495 e. The molecule has 0 unspecified atom stereocenters. The zero-order chi connectivity index (χ0) is 21.1. The van der Waals surface area contributed by atoms with Gasteiger partial charge in [-0.2, -0.15) is 0 Å². The first-order valence-electron chi connectivity index (χ1n) is 10.4. The first-order valence-corrected chi connectivity index (χ1v) is 10.8. The molecule has 156 valence electrons. The Morgan fingerprint density at radius 2 is 1.83 bits per heavy atom. The number of hydrogen-bond donors (Lipinski definition) is 1. The van der Waals surface area contributed by atoms with Gasteiger partial charge in [0.05, 0.1) is 12.1 Å². The molecule has 0 saturated heterocycles. The van der Waals surface area contributed by atoms with Crippen molar-refractivity contribution in [2.24, 2.45) is 0 Å². The van der Waals surface area contributed by atoms with Crippen LogP contribution in [0.5, 0.6) is 5.75 Å². The number of nitrogens with one attached hydrogen (secondary N) is 1. The second-order valence-corrected chi connectivity index (χ2v) is 8.15. The molecule has 1 saturated carbocycles. The fraction of sp³-hybridized carbons (Fsp3) is 0.333. The van der Waals surface area contributed by atoms with Crippen LogP contribution in [-0.4, -0.2) is 29.2 Å². The van der Waals surface area contributed by atoms with Crippen LogP contribution in [0.15, 0.2) is 48.7 Å². The summed E-state index contributed by atoms with van der Waals surface area (Å²) in [6.45, 7) is 0. The van der Waals surface area contributed by atoms with Crippen molar-refractivity contribution in [1.82, 2.24) is 9.72 Å². The summed E-state index contributed by atoms with van der Waals surface area (Å²) in [6, 6.07) is 13.0. The molecule has 0 radical (unpaired) electrons. The average Bonchev–Trinajstić information content (AvgIpc) is 2.95. The number of aromatic nitrogens is 1. The van der Waals surface area contributed by atoms with E-state index >= 15 is 0 Å². The predicted octanol–water partition coefficient (Wildman–Crippen LogP) is 5.29. The highest BCUT2D eigenvalue weighted by molar-refractivity contribution is 6.43. The molecule has 0 atom stereocenters. The van der Waals surface area contributed by atoms with E-state index in [1.54, 1.807) is 29.8 Å². The molecule has 4 rings (SSSR count). The van der Waals surface area contributed by atoms with Gasteiger partial charge in [0, 0.05) is 23.3 Å². The van der Waals surface area contributed by atoms with Crippen molar-refractivity contribution in [3.05, 3.63) is 59.4 Å². The maximum absolute atomic E-state index is 13.3. The van der Waals surface area contributed by atoms with Gasteiger partial charge in [0.1, 0.15) is 11.4 Å². The number of amides is 1. The average molecular weight is 425 g/mol. The zero-order valence-electron chi connectivity index (χ0n) is 17.0. The minimum absolute atomic E-state index is 0.0639. The van der Waals surface area contributed by atoms with Crippen molar-refractivity contribution in [2.45, 2.75) is 44.6 Å². The van der Waals surface area contributed by atoms with E-state index in [-0.39, 0.29) is 6.04 Å². The van der Waals surface area contributed by atoms with Crippen molar-refractivity contribution in [3.8, 4) is 16.9 Å². The molecule has 1 amide bonds. The van der Waals surface area contributed by atoms with E-state index < -0.39 is 11.7 Å². The summed E-state index contributed by atoms with van der Waals surface area (Å²) in [5, 5.41) is 3.42. The fourth-order valence-electron chi connectivity index (χ4n) is 4.19. The molecule has 2 heterocycles. The predicted molar refractivity (Wildman–Crippen MR) is 118 cm³/mol. The molecule has 0 bridgehead atoms. The zero-order valence-corrected chi connectivity index (χ0v) is 17.7. The standard InChI is InChI=1S/C24H25ClN2O3/c1-30-21-12-11-16(14-20(21)25)19-15-18-10-6-7-13-27(18)22(19)23(28)24(29)26-17-8-4-2-3-5-9-17/h6-7,10-15,17H,2-5,8-9H2,1H3,(H,26,29). The maximum atomic E-state index is 13.3. The third kappa shape index (κ3) is 4.08. The summed E-state index contributed by atoms with van der Waals surface area (Å²) in [5.74, 6) is -0.526. The number of ether oxygens (including phenoxy) is 1. The van der Waals surface area contributed by atoms with E-state index in [2.05, 4.69) is 5.32 Å². The highest BCUT2D eigenvalue weighted by Crippen LogP contribution is 2.34. The quantitative estimate of drug-likeness (QED) is 0.344. The van der Waals surface area contributed by atoms with Crippen molar-refractivity contribution >= 4 is 28.8 Å². The number of pyridine rings is 1. The smallest absolute Gasteiger partial charge is 0.294 e. The van der Waals surface area contributed by atoms with E-state index in [1.165, 1.54) is 12.8 Å². The third-order valence-corrected chi connectivity index (χ3v) is 6.05. The Balaban J connectivity index is 1.72. The van der Waals surface area contributed by atoms with Gasteiger partial charge in [-0.3, -0.25) is 9.59 Å². The molecule has 1 aromatic carbocycles. The van der Waals surface area contributed by atoms with Gasteiger partial charge in [-0.25, -0.2) is 0 Å². The van der Waals surface area contributed by atoms with Crippen molar-refractivity contribution < 1.29 is 14.3 Å². The van der Waals surface area contributed by atoms with Crippen molar-refractivity contribution in [1.29, 1.82) is 0 Å². The van der Waals surface area contributed by atoms with Crippen LogP contribution < -0.4 is 10.1 Å². The first-order chi connectivity index (χ1) is 14.6. The van der Waals surface area contributed by atoms with Crippen LogP contribution in [0.2, 0.25) is 5.02 Å². The molecular formula is C24H25ClN2O3. The Bertz CT molecular complexity index is 1080. The maximum Gasteiger partial charge on any atom is 0.294 e. The van der Waals surface area contributed by atoms with Crippen LogP contribution in [0.4, 0.5) is 0 Å². The van der Waals surface area contributed by atoms with E-state index in [1.807, 2.05) is 30.3 Å². The van der Waals surface area contributed by atoms with Gasteiger partial charge >= 0.3 is 0 Å². The lowest BCUT2D eigenvalue weighted by Gasteiger charge is -2.16. The van der Waals surface area contributed by atoms with Crippen LogP contribution in [0.25, 0.3) is 16.6 Å². The topological polar surface area (TPSA) is 59.8 Å². The molecule has 1 aliphatic carbocycles. The Morgan fingerprint density at radius 1 is 1.07 bits per heavy atom. The summed E-state index contributed by atoms with van der Waals surface area (Å²) >= 11 is 6.32. The molecule has 6 heteroatoms. The monoisotopic (exact) mass is 424 g/mol. The number of benzene rings is 1. The molecule has 0 aliphatic heterocycles. The largest absolute Gasteiger partial charge is 0.495 e. The number of nitrogens with zero attached hydrogens (tertiary/aromatic N) is 1. The first kappa shape index (κ1) is 20.5. The van der Waals surface area contributed by atoms with Gasteiger partial charge < -0.3 is 14.5 Å². The van der Waals surface area contributed by atoms with Crippen LogP contribution in [0.3, 0.4) is 0 Å². The number of methoxy groups -OCH3 is 1. The van der Waals surface area contributed by atoms with Crippen LogP contribution in [-0.2, 0) is 4.79 Å². The molecule has 1 aliphatic rings. The molecule has 30 heavy (non-hydrogen) atoms. The number of carbonyl (C=O) groups excluding carboxylic acids is 2. The molecule has 3 aromatic rings. The molecule has 2 aromatic heterocycles. The SMILES string of the molecule is COc1ccc(-c2cc3ccccn3c2C(=O)C(=O)NC2CCCCCC2)cc1Cl. The molecule has 1 fully saturated rings. The lowest BCUT2D eigenvalue weighted by molar-refractivity contribution is -0.117. The fourth-order valence-corrected chi connectivity index (χ4v) is 4.45. The second kappa shape index (κ2) is 8.92. The number of fused-ring (bicyclic) bond motifs is 1. The number of Topliss-reactive ketones (excluding diaryl/α,β-unsaturated/α-hetero) is 1. The van der Waals surface area contributed by atoms with Crippen LogP contribution in [0.1, 0.15) is 49.0 Å². The summed E-state index contributed by atoms with van der Waals surface area (Å²) in [4.78, 5) is 26.2. The summed E-state index contributed by atoms with van der Waals surface area (Å²) in [7, 11) is 1.56. The number of halogens is 1. The minimum atomic E-state index is -0.549. The van der Waals surface area contributed by atoms with E-state index in [9.17, 15) is 9.59 Å². The molecule has 1 N–H and O–H groups in total. The van der Waals surface area contributed by atoms with Crippen molar-refractivity contribution in [2.75, 3.05) is 7.11 Å². The van der Waals surface area contributed by atoms with Gasteiger partial charge in [-0.1, -0.05) is 49.4 Å². The van der Waals surface area contributed by atoms with Crippen LogP contribution >= 0.6 is 11.6 Å². The lowest BCUT2D eigenvalue weighted by atomic mass is 10.0. The number of carbonyl (C=O) groups is 2.